The lowest BCUT2D eigenvalue weighted by Gasteiger charge is -2.24. The highest BCUT2D eigenvalue weighted by Crippen LogP contribution is 2.41. The van der Waals surface area contributed by atoms with Crippen LogP contribution in [0.5, 0.6) is 11.5 Å². The number of thiazole rings is 1. The lowest BCUT2D eigenvalue weighted by Crippen LogP contribution is -2.37. The molecule has 1 fully saturated rings. The van der Waals surface area contributed by atoms with Crippen LogP contribution in [0.2, 0.25) is 0 Å². The molecule has 0 aliphatic carbocycles. The van der Waals surface area contributed by atoms with Crippen molar-refractivity contribution in [2.24, 2.45) is 0 Å². The largest absolute Gasteiger partial charge is 0.495 e. The standard InChI is InChI=1S/C23H20F6N2O4S/c1-33-16-5-6-17(34-2)19-18(16)30-21(36-19)31(11-15-4-3-7-35-15)20(32)12-8-13(22(24,25)26)10-14(9-12)23(27,28)29/h5-6,8-10,15H,3-4,7,11H2,1-2H3. The van der Waals surface area contributed by atoms with Gasteiger partial charge in [-0.3, -0.25) is 9.69 Å². The molecule has 36 heavy (non-hydrogen) atoms. The Kier molecular flexibility index (Phi) is 7.06. The van der Waals surface area contributed by atoms with Crippen LogP contribution in [-0.4, -0.2) is 44.4 Å². The third-order valence-corrected chi connectivity index (χ3v) is 6.71. The van der Waals surface area contributed by atoms with Crippen LogP contribution in [0, 0.1) is 0 Å². The van der Waals surface area contributed by atoms with Crippen LogP contribution in [0.4, 0.5) is 31.5 Å². The Morgan fingerprint density at radius 2 is 1.67 bits per heavy atom. The van der Waals surface area contributed by atoms with Crippen molar-refractivity contribution in [1.82, 2.24) is 4.98 Å². The summed E-state index contributed by atoms with van der Waals surface area (Å²) in [7, 11) is 2.84. The highest BCUT2D eigenvalue weighted by molar-refractivity contribution is 7.22. The molecule has 0 radical (unpaired) electrons. The predicted molar refractivity (Wildman–Crippen MR) is 120 cm³/mol. The molecular formula is C23H20F6N2O4S. The minimum absolute atomic E-state index is 0.0192. The highest BCUT2D eigenvalue weighted by Gasteiger charge is 2.38. The number of hydrogen-bond acceptors (Lipinski definition) is 6. The molecule has 1 amide bonds. The number of nitrogens with zero attached hydrogens (tertiary/aromatic N) is 2. The Hall–Kier alpha value is -3.06. The topological polar surface area (TPSA) is 60.9 Å². The van der Waals surface area contributed by atoms with E-state index in [-0.39, 0.29) is 17.7 Å². The van der Waals surface area contributed by atoms with Crippen molar-refractivity contribution in [2.45, 2.75) is 31.3 Å². The summed E-state index contributed by atoms with van der Waals surface area (Å²) >= 11 is 1.00. The van der Waals surface area contributed by atoms with Crippen LogP contribution in [0.15, 0.2) is 30.3 Å². The summed E-state index contributed by atoms with van der Waals surface area (Å²) < 4.78 is 97.2. The number of fused-ring (bicyclic) bond motifs is 1. The second-order valence-electron chi connectivity index (χ2n) is 7.99. The van der Waals surface area contributed by atoms with E-state index in [9.17, 15) is 31.1 Å². The zero-order valence-electron chi connectivity index (χ0n) is 19.0. The zero-order chi connectivity index (χ0) is 26.3. The van der Waals surface area contributed by atoms with Gasteiger partial charge in [0, 0.05) is 12.2 Å². The number of ether oxygens (including phenoxy) is 3. The molecule has 1 atom stereocenters. The number of halogens is 6. The third-order valence-electron chi connectivity index (χ3n) is 5.62. The van der Waals surface area contributed by atoms with Gasteiger partial charge in [-0.15, -0.1) is 0 Å². The lowest BCUT2D eigenvalue weighted by atomic mass is 10.0. The highest BCUT2D eigenvalue weighted by atomic mass is 32.1. The van der Waals surface area contributed by atoms with E-state index < -0.39 is 41.1 Å². The van der Waals surface area contributed by atoms with E-state index in [1.807, 2.05) is 0 Å². The van der Waals surface area contributed by atoms with Crippen LogP contribution in [-0.2, 0) is 17.1 Å². The first-order chi connectivity index (χ1) is 16.9. The fourth-order valence-electron chi connectivity index (χ4n) is 3.86. The lowest BCUT2D eigenvalue weighted by molar-refractivity contribution is -0.143. The average Bonchev–Trinajstić information content (AvgIpc) is 3.50. The van der Waals surface area contributed by atoms with Gasteiger partial charge in [0.15, 0.2) is 5.13 Å². The first kappa shape index (κ1) is 26.0. The van der Waals surface area contributed by atoms with E-state index in [1.165, 1.54) is 14.2 Å². The summed E-state index contributed by atoms with van der Waals surface area (Å²) in [5, 5.41) is 0.0549. The number of rotatable bonds is 6. The molecule has 0 spiro atoms. The number of carbonyl (C=O) groups excluding carboxylic acids is 1. The average molecular weight is 534 g/mol. The van der Waals surface area contributed by atoms with Crippen LogP contribution in [0.1, 0.15) is 34.3 Å². The molecule has 2 aromatic carbocycles. The van der Waals surface area contributed by atoms with Gasteiger partial charge in [0.25, 0.3) is 5.91 Å². The first-order valence-corrected chi connectivity index (χ1v) is 11.5. The van der Waals surface area contributed by atoms with Gasteiger partial charge in [-0.1, -0.05) is 11.3 Å². The minimum atomic E-state index is -5.09. The Balaban J connectivity index is 1.85. The molecule has 0 N–H and O–H groups in total. The van der Waals surface area contributed by atoms with E-state index in [0.717, 1.165) is 16.2 Å². The van der Waals surface area contributed by atoms with Gasteiger partial charge in [-0.25, -0.2) is 4.98 Å². The summed E-state index contributed by atoms with van der Waals surface area (Å²) in [6, 6.07) is 4.02. The third kappa shape index (κ3) is 5.21. The van der Waals surface area contributed by atoms with E-state index in [4.69, 9.17) is 14.2 Å². The van der Waals surface area contributed by atoms with Gasteiger partial charge in [-0.05, 0) is 43.2 Å². The van der Waals surface area contributed by atoms with Gasteiger partial charge in [0.2, 0.25) is 0 Å². The number of amides is 1. The second kappa shape index (κ2) is 9.77. The monoisotopic (exact) mass is 534 g/mol. The Morgan fingerprint density at radius 1 is 1.06 bits per heavy atom. The summed E-state index contributed by atoms with van der Waals surface area (Å²) in [5.41, 5.74) is -3.59. The van der Waals surface area contributed by atoms with Crippen LogP contribution >= 0.6 is 11.3 Å². The number of methoxy groups -OCH3 is 2. The molecule has 3 aromatic rings. The molecule has 1 aliphatic rings. The SMILES string of the molecule is COc1ccc(OC)c2sc(N(CC3CCCO3)C(=O)c3cc(C(F)(F)F)cc(C(F)(F)F)c3)nc12. The smallest absolute Gasteiger partial charge is 0.416 e. The molecule has 1 aliphatic heterocycles. The Morgan fingerprint density at radius 3 is 2.19 bits per heavy atom. The number of alkyl halides is 6. The fourth-order valence-corrected chi connectivity index (χ4v) is 4.95. The molecule has 13 heteroatoms. The molecule has 1 aromatic heterocycles. The number of hydrogen-bond donors (Lipinski definition) is 0. The number of benzene rings is 2. The molecule has 4 rings (SSSR count). The van der Waals surface area contributed by atoms with Gasteiger partial charge < -0.3 is 14.2 Å². The molecule has 0 bridgehead atoms. The first-order valence-electron chi connectivity index (χ1n) is 10.7. The van der Waals surface area contributed by atoms with Crippen molar-refractivity contribution >= 4 is 32.6 Å². The summed E-state index contributed by atoms with van der Waals surface area (Å²) in [4.78, 5) is 19.0. The number of carbonyl (C=O) groups is 1. The van der Waals surface area contributed by atoms with E-state index in [0.29, 0.717) is 53.3 Å². The summed E-state index contributed by atoms with van der Waals surface area (Å²) in [5.74, 6) is -0.298. The molecule has 2 heterocycles. The maximum absolute atomic E-state index is 13.5. The molecule has 6 nitrogen and oxygen atoms in total. The van der Waals surface area contributed by atoms with Gasteiger partial charge >= 0.3 is 12.4 Å². The molecule has 1 saturated heterocycles. The van der Waals surface area contributed by atoms with E-state index >= 15 is 0 Å². The normalized spacial score (nSPS) is 16.4. The Labute approximate surface area is 205 Å². The van der Waals surface area contributed by atoms with Gasteiger partial charge in [0.1, 0.15) is 21.7 Å². The summed E-state index contributed by atoms with van der Waals surface area (Å²) in [6.45, 7) is 0.316. The fraction of sp³-hybridized carbons (Fsp3) is 0.391. The summed E-state index contributed by atoms with van der Waals surface area (Å²) in [6.07, 6.45) is -9.37. The second-order valence-corrected chi connectivity index (χ2v) is 8.97. The van der Waals surface area contributed by atoms with Crippen LogP contribution < -0.4 is 14.4 Å². The molecule has 194 valence electrons. The van der Waals surface area contributed by atoms with Crippen molar-refractivity contribution in [3.05, 3.63) is 47.0 Å². The quantitative estimate of drug-likeness (QED) is 0.354. The zero-order valence-corrected chi connectivity index (χ0v) is 19.8. The van der Waals surface area contributed by atoms with Crippen molar-refractivity contribution in [1.29, 1.82) is 0 Å². The van der Waals surface area contributed by atoms with E-state index in [1.54, 1.807) is 12.1 Å². The van der Waals surface area contributed by atoms with Crippen molar-refractivity contribution in [3.63, 3.8) is 0 Å². The molecule has 0 saturated carbocycles. The van der Waals surface area contributed by atoms with Crippen molar-refractivity contribution in [3.8, 4) is 11.5 Å². The minimum Gasteiger partial charge on any atom is -0.495 e. The molecule has 1 unspecified atom stereocenters. The van der Waals surface area contributed by atoms with Crippen LogP contribution in [0.25, 0.3) is 10.2 Å². The molecular weight excluding hydrogens is 514 g/mol. The number of aromatic nitrogens is 1. The predicted octanol–water partition coefficient (Wildman–Crippen LogP) is 6.18. The van der Waals surface area contributed by atoms with E-state index in [2.05, 4.69) is 4.98 Å². The van der Waals surface area contributed by atoms with Gasteiger partial charge in [-0.2, -0.15) is 26.3 Å². The van der Waals surface area contributed by atoms with Crippen molar-refractivity contribution in [2.75, 3.05) is 32.3 Å². The van der Waals surface area contributed by atoms with Gasteiger partial charge in [0.05, 0.1) is 38.0 Å². The maximum Gasteiger partial charge on any atom is 0.416 e. The Bertz CT molecular complexity index is 1190. The van der Waals surface area contributed by atoms with Crippen LogP contribution in [0.3, 0.4) is 0 Å². The van der Waals surface area contributed by atoms with Crippen molar-refractivity contribution < 1.29 is 45.3 Å². The number of anilines is 1. The maximum atomic E-state index is 13.5.